The molecule has 0 radical (unpaired) electrons. The van der Waals surface area contributed by atoms with Crippen molar-refractivity contribution in [3.05, 3.63) is 64.7 Å². The van der Waals surface area contributed by atoms with Gasteiger partial charge in [0.2, 0.25) is 5.91 Å². The minimum absolute atomic E-state index is 0.119. The Morgan fingerprint density at radius 1 is 1.29 bits per heavy atom. The van der Waals surface area contributed by atoms with Crippen molar-refractivity contribution in [2.45, 2.75) is 19.6 Å². The second-order valence-electron chi connectivity index (χ2n) is 5.30. The second-order valence-corrected chi connectivity index (χ2v) is 5.30. The van der Waals surface area contributed by atoms with Gasteiger partial charge in [-0.25, -0.2) is 0 Å². The molecular formula is C17H18N2O2. The molecule has 108 valence electrons. The molecule has 3 rings (SSSR count). The molecule has 0 saturated heterocycles. The van der Waals surface area contributed by atoms with Gasteiger partial charge in [0.05, 0.1) is 19.3 Å². The highest BCUT2D eigenvalue weighted by molar-refractivity contribution is 5.93. The van der Waals surface area contributed by atoms with Gasteiger partial charge < -0.3 is 15.8 Å². The lowest BCUT2D eigenvalue weighted by molar-refractivity contribution is 0.0969. The fourth-order valence-electron chi connectivity index (χ4n) is 2.67. The normalized spacial score (nSPS) is 17.1. The fraction of sp³-hybridized carbons (Fsp3) is 0.235. The molecule has 0 bridgehead atoms. The van der Waals surface area contributed by atoms with Gasteiger partial charge in [-0.15, -0.1) is 0 Å². The van der Waals surface area contributed by atoms with Crippen LogP contribution in [0.3, 0.4) is 0 Å². The van der Waals surface area contributed by atoms with E-state index in [0.29, 0.717) is 18.8 Å². The highest BCUT2D eigenvalue weighted by atomic mass is 16.5. The summed E-state index contributed by atoms with van der Waals surface area (Å²) in [5, 5.41) is 3.49. The van der Waals surface area contributed by atoms with Gasteiger partial charge in [-0.05, 0) is 41.8 Å². The van der Waals surface area contributed by atoms with E-state index in [0.717, 1.165) is 11.3 Å². The number of carbonyl (C=O) groups excluding carboxylic acids is 1. The first-order valence-corrected chi connectivity index (χ1v) is 6.97. The van der Waals surface area contributed by atoms with Crippen LogP contribution in [0, 0.1) is 6.92 Å². The molecule has 2 aromatic rings. The van der Waals surface area contributed by atoms with Crippen molar-refractivity contribution in [3.63, 3.8) is 0 Å². The van der Waals surface area contributed by atoms with Crippen LogP contribution in [0.5, 0.6) is 0 Å². The molecule has 4 heteroatoms. The smallest absolute Gasteiger partial charge is 0.248 e. The molecule has 1 heterocycles. The minimum atomic E-state index is -0.406. The zero-order chi connectivity index (χ0) is 14.8. The van der Waals surface area contributed by atoms with Crippen molar-refractivity contribution in [1.82, 2.24) is 0 Å². The molecule has 2 aromatic carbocycles. The minimum Gasteiger partial charge on any atom is -0.376 e. The van der Waals surface area contributed by atoms with Crippen molar-refractivity contribution < 1.29 is 9.53 Å². The average molecular weight is 282 g/mol. The van der Waals surface area contributed by atoms with Crippen LogP contribution in [0.2, 0.25) is 0 Å². The Morgan fingerprint density at radius 3 is 2.86 bits per heavy atom. The van der Waals surface area contributed by atoms with E-state index in [9.17, 15) is 4.79 Å². The number of amides is 1. The van der Waals surface area contributed by atoms with E-state index in [4.69, 9.17) is 10.5 Å². The maximum atomic E-state index is 11.2. The molecule has 1 aliphatic heterocycles. The van der Waals surface area contributed by atoms with Crippen molar-refractivity contribution in [1.29, 1.82) is 0 Å². The van der Waals surface area contributed by atoms with Crippen LogP contribution >= 0.6 is 0 Å². The van der Waals surface area contributed by atoms with Crippen LogP contribution < -0.4 is 11.1 Å². The number of hydrogen-bond donors (Lipinski definition) is 2. The van der Waals surface area contributed by atoms with Gasteiger partial charge in [-0.3, -0.25) is 4.79 Å². The first-order valence-electron chi connectivity index (χ1n) is 6.97. The summed E-state index contributed by atoms with van der Waals surface area (Å²) in [6.45, 7) is 3.26. The maximum absolute atomic E-state index is 11.2. The Morgan fingerprint density at radius 2 is 2.10 bits per heavy atom. The molecule has 21 heavy (non-hydrogen) atoms. The monoisotopic (exact) mass is 282 g/mol. The van der Waals surface area contributed by atoms with Crippen LogP contribution in [0.25, 0.3) is 0 Å². The summed E-state index contributed by atoms with van der Waals surface area (Å²) in [5.74, 6) is -0.406. The number of aryl methyl sites for hydroxylation is 1. The molecule has 0 aliphatic carbocycles. The van der Waals surface area contributed by atoms with Crippen molar-refractivity contribution in [2.24, 2.45) is 5.73 Å². The zero-order valence-corrected chi connectivity index (χ0v) is 11.9. The third-order valence-electron chi connectivity index (χ3n) is 3.81. The van der Waals surface area contributed by atoms with Crippen LogP contribution in [0.4, 0.5) is 5.69 Å². The zero-order valence-electron chi connectivity index (χ0n) is 11.9. The lowest BCUT2D eigenvalue weighted by Gasteiger charge is -2.28. The second kappa shape index (κ2) is 5.58. The predicted octanol–water partition coefficient (Wildman–Crippen LogP) is 2.78. The van der Waals surface area contributed by atoms with Gasteiger partial charge in [0, 0.05) is 11.3 Å². The number of anilines is 1. The standard InChI is InChI=1S/C17H18N2O2/c1-11-8-12(17(18)20)6-7-15(11)19-16-10-21-9-13-4-2-3-5-14(13)16/h2-8,16,19H,9-10H2,1H3,(H2,18,20). The fourth-order valence-corrected chi connectivity index (χ4v) is 2.67. The van der Waals surface area contributed by atoms with E-state index in [2.05, 4.69) is 17.4 Å². The number of fused-ring (bicyclic) bond motifs is 1. The summed E-state index contributed by atoms with van der Waals surface area (Å²) in [7, 11) is 0. The molecule has 0 fully saturated rings. The van der Waals surface area contributed by atoms with Crippen molar-refractivity contribution in [2.75, 3.05) is 11.9 Å². The predicted molar refractivity (Wildman–Crippen MR) is 82.2 cm³/mol. The number of nitrogens with two attached hydrogens (primary N) is 1. The lowest BCUT2D eigenvalue weighted by atomic mass is 9.98. The summed E-state index contributed by atoms with van der Waals surface area (Å²) >= 11 is 0. The van der Waals surface area contributed by atoms with Crippen LogP contribution in [-0.4, -0.2) is 12.5 Å². The van der Waals surface area contributed by atoms with Crippen LogP contribution in [0.1, 0.15) is 33.1 Å². The van der Waals surface area contributed by atoms with E-state index in [-0.39, 0.29) is 6.04 Å². The first-order chi connectivity index (χ1) is 10.1. The number of nitrogens with one attached hydrogen (secondary N) is 1. The quantitative estimate of drug-likeness (QED) is 0.909. The highest BCUT2D eigenvalue weighted by Crippen LogP contribution is 2.29. The van der Waals surface area contributed by atoms with Gasteiger partial charge in [-0.1, -0.05) is 24.3 Å². The molecule has 1 aliphatic rings. The Labute approximate surface area is 123 Å². The van der Waals surface area contributed by atoms with Gasteiger partial charge in [-0.2, -0.15) is 0 Å². The molecule has 0 aromatic heterocycles. The van der Waals surface area contributed by atoms with Crippen molar-refractivity contribution in [3.8, 4) is 0 Å². The number of carbonyl (C=O) groups is 1. The molecule has 3 N–H and O–H groups in total. The Kier molecular flexibility index (Phi) is 3.62. The Hall–Kier alpha value is -2.33. The van der Waals surface area contributed by atoms with Gasteiger partial charge in [0.15, 0.2) is 0 Å². The van der Waals surface area contributed by atoms with Gasteiger partial charge >= 0.3 is 0 Å². The molecule has 1 amide bonds. The molecule has 1 unspecified atom stereocenters. The number of ether oxygens (including phenoxy) is 1. The summed E-state index contributed by atoms with van der Waals surface area (Å²) in [4.78, 5) is 11.2. The van der Waals surface area contributed by atoms with Crippen molar-refractivity contribution >= 4 is 11.6 Å². The summed E-state index contributed by atoms with van der Waals surface area (Å²) in [6, 6.07) is 13.8. The van der Waals surface area contributed by atoms with E-state index >= 15 is 0 Å². The Balaban J connectivity index is 1.86. The lowest BCUT2D eigenvalue weighted by Crippen LogP contribution is -2.23. The topological polar surface area (TPSA) is 64.4 Å². The van der Waals surface area contributed by atoms with Crippen LogP contribution in [0.15, 0.2) is 42.5 Å². The molecular weight excluding hydrogens is 264 g/mol. The molecule has 0 spiro atoms. The van der Waals surface area contributed by atoms with Crippen LogP contribution in [-0.2, 0) is 11.3 Å². The summed E-state index contributed by atoms with van der Waals surface area (Å²) < 4.78 is 5.65. The largest absolute Gasteiger partial charge is 0.376 e. The van der Waals surface area contributed by atoms with Gasteiger partial charge in [0.1, 0.15) is 0 Å². The Bertz CT molecular complexity index is 682. The van der Waals surface area contributed by atoms with E-state index in [1.165, 1.54) is 11.1 Å². The van der Waals surface area contributed by atoms with E-state index < -0.39 is 5.91 Å². The van der Waals surface area contributed by atoms with E-state index in [1.807, 2.05) is 25.1 Å². The number of hydrogen-bond acceptors (Lipinski definition) is 3. The highest BCUT2D eigenvalue weighted by Gasteiger charge is 2.20. The average Bonchev–Trinajstić information content (AvgIpc) is 2.49. The molecule has 1 atom stereocenters. The number of primary amides is 1. The maximum Gasteiger partial charge on any atom is 0.248 e. The molecule has 0 saturated carbocycles. The third kappa shape index (κ3) is 2.76. The summed E-state index contributed by atoms with van der Waals surface area (Å²) in [6.07, 6.45) is 0. The van der Waals surface area contributed by atoms with Gasteiger partial charge in [0.25, 0.3) is 0 Å². The SMILES string of the molecule is Cc1cc(C(N)=O)ccc1NC1COCc2ccccc21. The number of benzene rings is 2. The summed E-state index contributed by atoms with van der Waals surface area (Å²) in [5.41, 5.74) is 10.3. The first kappa shape index (κ1) is 13.6. The number of rotatable bonds is 3. The third-order valence-corrected chi connectivity index (χ3v) is 3.81. The van der Waals surface area contributed by atoms with E-state index in [1.54, 1.807) is 12.1 Å². The molecule has 4 nitrogen and oxygen atoms in total.